The Morgan fingerprint density at radius 3 is 2.73 bits per heavy atom. The molecule has 1 aliphatic heterocycles. The average molecular weight is 355 g/mol. The molecule has 0 amide bonds. The molecule has 0 radical (unpaired) electrons. The Bertz CT molecular complexity index is 716. The standard InChI is InChI=1S/C20H29N5O/c1-23(2)15-18-16-25(22-21-18)19-10-13-24(14-11-19)12-6-8-17-7-4-5-9-20(17)26-3/h4-9,16,19H,10-15H2,1-3H3/b8-6+. The van der Waals surface area contributed by atoms with Crippen LogP contribution in [-0.2, 0) is 6.54 Å². The van der Waals surface area contributed by atoms with Crippen molar-refractivity contribution in [1.82, 2.24) is 24.8 Å². The molecular formula is C20H29N5O. The van der Waals surface area contributed by atoms with Crippen LogP contribution in [0.1, 0.15) is 30.1 Å². The lowest BCUT2D eigenvalue weighted by Crippen LogP contribution is -2.34. The van der Waals surface area contributed by atoms with E-state index in [1.54, 1.807) is 7.11 Å². The quantitative estimate of drug-likeness (QED) is 0.764. The normalized spacial score (nSPS) is 16.6. The lowest BCUT2D eigenvalue weighted by molar-refractivity contribution is 0.194. The largest absolute Gasteiger partial charge is 0.496 e. The molecule has 0 saturated carbocycles. The van der Waals surface area contributed by atoms with Gasteiger partial charge in [0.25, 0.3) is 0 Å². The molecule has 26 heavy (non-hydrogen) atoms. The molecular weight excluding hydrogens is 326 g/mol. The van der Waals surface area contributed by atoms with Crippen LogP contribution in [0.25, 0.3) is 6.08 Å². The minimum absolute atomic E-state index is 0.466. The number of ether oxygens (including phenoxy) is 1. The summed E-state index contributed by atoms with van der Waals surface area (Å²) in [5, 5.41) is 8.62. The summed E-state index contributed by atoms with van der Waals surface area (Å²) in [5.74, 6) is 0.919. The molecule has 0 aliphatic carbocycles. The zero-order valence-electron chi connectivity index (χ0n) is 16.0. The van der Waals surface area contributed by atoms with Gasteiger partial charge in [-0.25, -0.2) is 4.68 Å². The number of hydrogen-bond acceptors (Lipinski definition) is 5. The van der Waals surface area contributed by atoms with Crippen molar-refractivity contribution in [3.63, 3.8) is 0 Å². The predicted molar refractivity (Wildman–Crippen MR) is 104 cm³/mol. The van der Waals surface area contributed by atoms with Crippen LogP contribution in [0.4, 0.5) is 0 Å². The van der Waals surface area contributed by atoms with Gasteiger partial charge in [-0.2, -0.15) is 0 Å². The van der Waals surface area contributed by atoms with Gasteiger partial charge in [-0.3, -0.25) is 4.90 Å². The Balaban J connectivity index is 1.48. The lowest BCUT2D eigenvalue weighted by Gasteiger charge is -2.30. The molecule has 1 aromatic heterocycles. The first kappa shape index (κ1) is 18.6. The van der Waals surface area contributed by atoms with Crippen molar-refractivity contribution in [2.75, 3.05) is 40.8 Å². The maximum atomic E-state index is 5.39. The van der Waals surface area contributed by atoms with Crippen molar-refractivity contribution >= 4 is 6.08 Å². The van der Waals surface area contributed by atoms with Gasteiger partial charge in [0.15, 0.2) is 0 Å². The van der Waals surface area contributed by atoms with E-state index in [1.165, 1.54) is 0 Å². The Labute approximate surface area is 156 Å². The lowest BCUT2D eigenvalue weighted by atomic mass is 10.1. The molecule has 2 heterocycles. The van der Waals surface area contributed by atoms with Crippen molar-refractivity contribution in [2.45, 2.75) is 25.4 Å². The number of likely N-dealkylation sites (tertiary alicyclic amines) is 1. The van der Waals surface area contributed by atoms with Gasteiger partial charge in [0.1, 0.15) is 5.75 Å². The fourth-order valence-electron chi connectivity index (χ4n) is 3.39. The molecule has 6 heteroatoms. The van der Waals surface area contributed by atoms with E-state index in [2.05, 4.69) is 63.3 Å². The fourth-order valence-corrected chi connectivity index (χ4v) is 3.39. The highest BCUT2D eigenvalue weighted by molar-refractivity contribution is 5.57. The molecule has 1 aliphatic rings. The second-order valence-corrected chi connectivity index (χ2v) is 7.10. The number of methoxy groups -OCH3 is 1. The van der Waals surface area contributed by atoms with E-state index in [4.69, 9.17) is 4.74 Å². The van der Waals surface area contributed by atoms with E-state index < -0.39 is 0 Å². The van der Waals surface area contributed by atoms with Crippen molar-refractivity contribution < 1.29 is 4.74 Å². The second kappa shape index (κ2) is 8.96. The third-order valence-electron chi connectivity index (χ3n) is 4.77. The van der Waals surface area contributed by atoms with Gasteiger partial charge < -0.3 is 9.64 Å². The molecule has 3 rings (SSSR count). The van der Waals surface area contributed by atoms with Crippen molar-refractivity contribution in [1.29, 1.82) is 0 Å². The molecule has 140 valence electrons. The maximum absolute atomic E-state index is 5.39. The van der Waals surface area contributed by atoms with Crippen LogP contribution in [0, 0.1) is 0 Å². The van der Waals surface area contributed by atoms with Crippen molar-refractivity contribution in [3.8, 4) is 5.75 Å². The van der Waals surface area contributed by atoms with Gasteiger partial charge in [0.05, 0.1) is 25.0 Å². The third-order valence-corrected chi connectivity index (χ3v) is 4.77. The van der Waals surface area contributed by atoms with Crippen molar-refractivity contribution in [2.24, 2.45) is 0 Å². The van der Waals surface area contributed by atoms with Crippen LogP contribution in [0.15, 0.2) is 36.5 Å². The van der Waals surface area contributed by atoms with E-state index >= 15 is 0 Å². The van der Waals surface area contributed by atoms with Gasteiger partial charge in [-0.05, 0) is 33.0 Å². The zero-order chi connectivity index (χ0) is 18.4. The Morgan fingerprint density at radius 2 is 2.00 bits per heavy atom. The smallest absolute Gasteiger partial charge is 0.126 e. The topological polar surface area (TPSA) is 46.4 Å². The summed E-state index contributed by atoms with van der Waals surface area (Å²) in [6.45, 7) is 3.98. The number of rotatable bonds is 7. The molecule has 0 atom stereocenters. The number of nitrogens with zero attached hydrogens (tertiary/aromatic N) is 5. The molecule has 2 aromatic rings. The van der Waals surface area contributed by atoms with Crippen LogP contribution < -0.4 is 4.74 Å². The highest BCUT2D eigenvalue weighted by Gasteiger charge is 2.21. The zero-order valence-corrected chi connectivity index (χ0v) is 16.0. The molecule has 1 saturated heterocycles. The van der Waals surface area contributed by atoms with Crippen LogP contribution in [0.2, 0.25) is 0 Å². The van der Waals surface area contributed by atoms with Gasteiger partial charge >= 0.3 is 0 Å². The monoisotopic (exact) mass is 355 g/mol. The Morgan fingerprint density at radius 1 is 1.23 bits per heavy atom. The van der Waals surface area contributed by atoms with Crippen LogP contribution in [0.5, 0.6) is 5.75 Å². The van der Waals surface area contributed by atoms with E-state index in [1.807, 2.05) is 18.2 Å². The van der Waals surface area contributed by atoms with Gasteiger partial charge in [-0.1, -0.05) is 35.6 Å². The molecule has 0 spiro atoms. The SMILES string of the molecule is COc1ccccc1/C=C/CN1CCC(n2cc(CN(C)C)nn2)CC1. The third kappa shape index (κ3) is 4.93. The van der Waals surface area contributed by atoms with E-state index in [-0.39, 0.29) is 0 Å². The van der Waals surface area contributed by atoms with Gasteiger partial charge in [0, 0.05) is 31.7 Å². The van der Waals surface area contributed by atoms with E-state index in [0.717, 1.165) is 56.0 Å². The Kier molecular flexibility index (Phi) is 6.41. The summed E-state index contributed by atoms with van der Waals surface area (Å²) in [6.07, 6.45) is 8.71. The van der Waals surface area contributed by atoms with Crippen LogP contribution in [-0.4, -0.2) is 65.6 Å². The average Bonchev–Trinajstić information content (AvgIpc) is 3.10. The summed E-state index contributed by atoms with van der Waals surface area (Å²) in [7, 11) is 5.82. The minimum Gasteiger partial charge on any atom is -0.496 e. The fraction of sp³-hybridized carbons (Fsp3) is 0.500. The first-order valence-corrected chi connectivity index (χ1v) is 9.23. The summed E-state index contributed by atoms with van der Waals surface area (Å²) in [6, 6.07) is 8.57. The molecule has 1 fully saturated rings. The second-order valence-electron chi connectivity index (χ2n) is 7.10. The highest BCUT2D eigenvalue weighted by atomic mass is 16.5. The van der Waals surface area contributed by atoms with Gasteiger partial charge in [-0.15, -0.1) is 5.10 Å². The minimum atomic E-state index is 0.466. The number of para-hydroxylation sites is 1. The predicted octanol–water partition coefficient (Wildman–Crippen LogP) is 2.70. The first-order chi connectivity index (χ1) is 12.7. The highest BCUT2D eigenvalue weighted by Crippen LogP contribution is 2.22. The molecule has 0 N–H and O–H groups in total. The number of aromatic nitrogens is 3. The van der Waals surface area contributed by atoms with Crippen LogP contribution in [0.3, 0.4) is 0 Å². The maximum Gasteiger partial charge on any atom is 0.126 e. The first-order valence-electron chi connectivity index (χ1n) is 9.23. The van der Waals surface area contributed by atoms with Crippen molar-refractivity contribution in [3.05, 3.63) is 47.8 Å². The van der Waals surface area contributed by atoms with Gasteiger partial charge in [0.2, 0.25) is 0 Å². The van der Waals surface area contributed by atoms with Crippen LogP contribution >= 0.6 is 0 Å². The number of benzene rings is 1. The van der Waals surface area contributed by atoms with E-state index in [9.17, 15) is 0 Å². The molecule has 0 bridgehead atoms. The number of piperidine rings is 1. The summed E-state index contributed by atoms with van der Waals surface area (Å²) in [4.78, 5) is 4.60. The Hall–Kier alpha value is -2.18. The molecule has 6 nitrogen and oxygen atoms in total. The molecule has 0 unspecified atom stereocenters. The number of hydrogen-bond donors (Lipinski definition) is 0. The summed E-state index contributed by atoms with van der Waals surface area (Å²) >= 11 is 0. The summed E-state index contributed by atoms with van der Waals surface area (Å²) < 4.78 is 7.45. The summed E-state index contributed by atoms with van der Waals surface area (Å²) in [5.41, 5.74) is 2.16. The van der Waals surface area contributed by atoms with E-state index in [0.29, 0.717) is 6.04 Å². The molecule has 1 aromatic carbocycles.